The average molecular weight is 190 g/mol. The van der Waals surface area contributed by atoms with Crippen LogP contribution >= 0.6 is 0 Å². The molecule has 1 aliphatic rings. The van der Waals surface area contributed by atoms with Crippen molar-refractivity contribution in [3.8, 4) is 0 Å². The molecule has 0 aromatic carbocycles. The summed E-state index contributed by atoms with van der Waals surface area (Å²) in [5, 5.41) is 0. The second kappa shape index (κ2) is 3.78. The molecular formula is C11H14N2O. The lowest BCUT2D eigenvalue weighted by molar-refractivity contribution is 0.112. The van der Waals surface area contributed by atoms with Gasteiger partial charge in [-0.25, -0.2) is 4.98 Å². The molecule has 1 saturated carbocycles. The molecule has 0 bridgehead atoms. The van der Waals surface area contributed by atoms with Gasteiger partial charge in [0, 0.05) is 24.3 Å². The lowest BCUT2D eigenvalue weighted by Gasteiger charge is -2.21. The number of rotatable bonds is 4. The van der Waals surface area contributed by atoms with Crippen molar-refractivity contribution in [2.45, 2.75) is 25.8 Å². The van der Waals surface area contributed by atoms with E-state index in [2.05, 4.69) is 16.8 Å². The zero-order valence-corrected chi connectivity index (χ0v) is 8.31. The second-order valence-corrected chi connectivity index (χ2v) is 3.58. The van der Waals surface area contributed by atoms with Crippen LogP contribution in [0.15, 0.2) is 18.3 Å². The first-order valence-electron chi connectivity index (χ1n) is 5.03. The molecule has 0 saturated heterocycles. The van der Waals surface area contributed by atoms with Gasteiger partial charge in [0.25, 0.3) is 0 Å². The van der Waals surface area contributed by atoms with Crippen molar-refractivity contribution in [3.63, 3.8) is 0 Å². The molecule has 3 nitrogen and oxygen atoms in total. The molecule has 0 aliphatic heterocycles. The number of carbonyl (C=O) groups is 1. The monoisotopic (exact) mass is 190 g/mol. The fourth-order valence-corrected chi connectivity index (χ4v) is 1.63. The van der Waals surface area contributed by atoms with E-state index in [-0.39, 0.29) is 0 Å². The predicted molar refractivity (Wildman–Crippen MR) is 55.7 cm³/mol. The van der Waals surface area contributed by atoms with Crippen LogP contribution in [0.2, 0.25) is 0 Å². The lowest BCUT2D eigenvalue weighted by Crippen LogP contribution is -2.25. The van der Waals surface area contributed by atoms with E-state index < -0.39 is 0 Å². The van der Waals surface area contributed by atoms with E-state index in [9.17, 15) is 4.79 Å². The molecule has 0 N–H and O–H groups in total. The summed E-state index contributed by atoms with van der Waals surface area (Å²) in [6.45, 7) is 3.12. The zero-order valence-electron chi connectivity index (χ0n) is 8.31. The first-order chi connectivity index (χ1) is 6.85. The van der Waals surface area contributed by atoms with Crippen LogP contribution in [0.4, 0.5) is 5.82 Å². The van der Waals surface area contributed by atoms with Crippen molar-refractivity contribution in [1.29, 1.82) is 0 Å². The standard InChI is InChI=1S/C11H14N2O/c1-2-13(10-4-5-10)11-6-3-9(8-14)7-12-11/h3,6-8,10H,2,4-5H2,1H3. The van der Waals surface area contributed by atoms with Gasteiger partial charge in [0.2, 0.25) is 0 Å². The largest absolute Gasteiger partial charge is 0.354 e. The fraction of sp³-hybridized carbons (Fsp3) is 0.455. The Labute approximate surface area is 83.8 Å². The van der Waals surface area contributed by atoms with E-state index in [0.717, 1.165) is 18.6 Å². The van der Waals surface area contributed by atoms with Gasteiger partial charge in [-0.15, -0.1) is 0 Å². The molecule has 14 heavy (non-hydrogen) atoms. The van der Waals surface area contributed by atoms with Crippen molar-refractivity contribution >= 4 is 12.1 Å². The Kier molecular flexibility index (Phi) is 2.48. The Morgan fingerprint density at radius 2 is 2.36 bits per heavy atom. The quantitative estimate of drug-likeness (QED) is 0.680. The molecule has 0 atom stereocenters. The predicted octanol–water partition coefficient (Wildman–Crippen LogP) is 1.88. The Morgan fingerprint density at radius 3 is 2.79 bits per heavy atom. The molecule has 0 unspecified atom stereocenters. The minimum atomic E-state index is 0.639. The van der Waals surface area contributed by atoms with Crippen molar-refractivity contribution < 1.29 is 4.79 Å². The number of aldehydes is 1. The number of nitrogens with zero attached hydrogens (tertiary/aromatic N) is 2. The van der Waals surface area contributed by atoms with Gasteiger partial charge in [-0.1, -0.05) is 0 Å². The second-order valence-electron chi connectivity index (χ2n) is 3.58. The van der Waals surface area contributed by atoms with Crippen molar-refractivity contribution in [2.24, 2.45) is 0 Å². The molecule has 3 heteroatoms. The van der Waals surface area contributed by atoms with E-state index in [1.165, 1.54) is 12.8 Å². The summed E-state index contributed by atoms with van der Waals surface area (Å²) in [7, 11) is 0. The van der Waals surface area contributed by atoms with Crippen molar-refractivity contribution in [3.05, 3.63) is 23.9 Å². The highest BCUT2D eigenvalue weighted by Crippen LogP contribution is 2.29. The lowest BCUT2D eigenvalue weighted by atomic mass is 10.3. The summed E-state index contributed by atoms with van der Waals surface area (Å²) >= 11 is 0. The van der Waals surface area contributed by atoms with Crippen LogP contribution in [0.5, 0.6) is 0 Å². The first kappa shape index (κ1) is 9.19. The smallest absolute Gasteiger partial charge is 0.151 e. The highest BCUT2D eigenvalue weighted by molar-refractivity contribution is 5.74. The van der Waals surface area contributed by atoms with Gasteiger partial charge in [-0.2, -0.15) is 0 Å². The molecule has 1 heterocycles. The Bertz CT molecular complexity index is 317. The molecule has 1 aromatic rings. The van der Waals surface area contributed by atoms with E-state index in [1.54, 1.807) is 6.20 Å². The number of hydrogen-bond acceptors (Lipinski definition) is 3. The maximum absolute atomic E-state index is 10.4. The van der Waals surface area contributed by atoms with Crippen LogP contribution in [0, 0.1) is 0 Å². The molecule has 0 radical (unpaired) electrons. The molecule has 0 amide bonds. The summed E-state index contributed by atoms with van der Waals surface area (Å²) in [6, 6.07) is 4.42. The molecule has 1 fully saturated rings. The van der Waals surface area contributed by atoms with E-state index in [1.807, 2.05) is 12.1 Å². The summed E-state index contributed by atoms with van der Waals surface area (Å²) in [4.78, 5) is 17.0. The van der Waals surface area contributed by atoms with E-state index in [0.29, 0.717) is 11.6 Å². The highest BCUT2D eigenvalue weighted by Gasteiger charge is 2.28. The Balaban J connectivity index is 2.17. The van der Waals surface area contributed by atoms with Crippen LogP contribution in [0.3, 0.4) is 0 Å². The van der Waals surface area contributed by atoms with Crippen LogP contribution < -0.4 is 4.90 Å². The molecule has 2 rings (SSSR count). The number of carbonyl (C=O) groups excluding carboxylic acids is 1. The van der Waals surface area contributed by atoms with Gasteiger partial charge >= 0.3 is 0 Å². The zero-order chi connectivity index (χ0) is 9.97. The number of hydrogen-bond donors (Lipinski definition) is 0. The van der Waals surface area contributed by atoms with Crippen molar-refractivity contribution in [2.75, 3.05) is 11.4 Å². The number of aromatic nitrogens is 1. The topological polar surface area (TPSA) is 33.2 Å². The molecule has 0 spiro atoms. The number of anilines is 1. The highest BCUT2D eigenvalue weighted by atomic mass is 16.1. The van der Waals surface area contributed by atoms with Gasteiger partial charge in [-0.3, -0.25) is 4.79 Å². The maximum Gasteiger partial charge on any atom is 0.151 e. The Morgan fingerprint density at radius 1 is 1.57 bits per heavy atom. The van der Waals surface area contributed by atoms with Gasteiger partial charge in [0.1, 0.15) is 5.82 Å². The van der Waals surface area contributed by atoms with E-state index in [4.69, 9.17) is 0 Å². The van der Waals surface area contributed by atoms with Crippen LogP contribution in [0.1, 0.15) is 30.1 Å². The van der Waals surface area contributed by atoms with Crippen molar-refractivity contribution in [1.82, 2.24) is 4.98 Å². The van der Waals surface area contributed by atoms with Crippen LogP contribution in [-0.2, 0) is 0 Å². The third-order valence-corrected chi connectivity index (χ3v) is 2.53. The first-order valence-corrected chi connectivity index (χ1v) is 5.03. The number of pyridine rings is 1. The van der Waals surface area contributed by atoms with Gasteiger partial charge in [-0.05, 0) is 31.9 Å². The van der Waals surface area contributed by atoms with Gasteiger partial charge in [0.15, 0.2) is 6.29 Å². The minimum Gasteiger partial charge on any atom is -0.354 e. The Hall–Kier alpha value is -1.38. The van der Waals surface area contributed by atoms with Gasteiger partial charge in [0.05, 0.1) is 0 Å². The summed E-state index contributed by atoms with van der Waals surface area (Å²) < 4.78 is 0. The van der Waals surface area contributed by atoms with E-state index >= 15 is 0 Å². The molecule has 74 valence electrons. The van der Waals surface area contributed by atoms with Gasteiger partial charge < -0.3 is 4.90 Å². The average Bonchev–Trinajstić information content (AvgIpc) is 3.04. The molecule has 1 aromatic heterocycles. The third-order valence-electron chi connectivity index (χ3n) is 2.53. The summed E-state index contributed by atoms with van der Waals surface area (Å²) in [6.07, 6.45) is 4.99. The summed E-state index contributed by atoms with van der Waals surface area (Å²) in [5.74, 6) is 0.987. The SMILES string of the molecule is CCN(c1ccc(C=O)cn1)C1CC1. The normalized spacial score (nSPS) is 15.2. The molecular weight excluding hydrogens is 176 g/mol. The summed E-state index contributed by atoms with van der Waals surface area (Å²) in [5.41, 5.74) is 0.639. The minimum absolute atomic E-state index is 0.639. The third kappa shape index (κ3) is 1.76. The molecule has 1 aliphatic carbocycles. The van der Waals surface area contributed by atoms with Crippen LogP contribution in [-0.4, -0.2) is 23.9 Å². The fourth-order valence-electron chi connectivity index (χ4n) is 1.63. The van der Waals surface area contributed by atoms with Crippen LogP contribution in [0.25, 0.3) is 0 Å². The maximum atomic E-state index is 10.4.